The average molecular weight is 501 g/mol. The molecule has 1 saturated carbocycles. The van der Waals surface area contributed by atoms with Crippen LogP contribution in [-0.4, -0.2) is 22.2 Å². The molecule has 0 aromatic heterocycles. The first kappa shape index (κ1) is 23.8. The molecule has 2 aromatic carbocycles. The number of Topliss-reactive ketones (excluding diaryl/α,β-unsaturated/α-hetero) is 1. The molecule has 2 atom stereocenters. The number of anilines is 1. The topological polar surface area (TPSA) is 46.2 Å². The monoisotopic (exact) mass is 499 g/mol. The third-order valence-corrected chi connectivity index (χ3v) is 6.08. The van der Waals surface area contributed by atoms with Crippen molar-refractivity contribution in [2.24, 2.45) is 5.92 Å². The Labute approximate surface area is 188 Å². The van der Waals surface area contributed by atoms with Crippen molar-refractivity contribution in [3.8, 4) is 0 Å². The van der Waals surface area contributed by atoms with Crippen LogP contribution < -0.4 is 5.32 Å². The Morgan fingerprint density at radius 1 is 1.03 bits per heavy atom. The van der Waals surface area contributed by atoms with E-state index in [-0.39, 0.29) is 21.8 Å². The first-order valence-electron chi connectivity index (χ1n) is 8.84. The van der Waals surface area contributed by atoms with Crippen LogP contribution in [0.25, 0.3) is 0 Å². The molecule has 166 valence electrons. The molecule has 0 aliphatic heterocycles. The third kappa shape index (κ3) is 5.30. The number of carbonyl (C=O) groups excluding carboxylic acids is 2. The van der Waals surface area contributed by atoms with Crippen LogP contribution >= 0.6 is 34.8 Å². The number of ketones is 1. The summed E-state index contributed by atoms with van der Waals surface area (Å²) in [5.41, 5.74) is 0.132. The number of alkyl halides is 5. The number of benzene rings is 2. The predicted octanol–water partition coefficient (Wildman–Crippen LogP) is 6.67. The van der Waals surface area contributed by atoms with Crippen LogP contribution in [0.2, 0.25) is 5.02 Å². The van der Waals surface area contributed by atoms with Crippen molar-refractivity contribution >= 4 is 52.2 Å². The van der Waals surface area contributed by atoms with Crippen LogP contribution in [0.4, 0.5) is 27.6 Å². The van der Waals surface area contributed by atoms with Crippen molar-refractivity contribution in [1.82, 2.24) is 0 Å². The second-order valence-electron chi connectivity index (χ2n) is 7.03. The van der Waals surface area contributed by atoms with Gasteiger partial charge in [0.25, 0.3) is 0 Å². The summed E-state index contributed by atoms with van der Waals surface area (Å²) < 4.78 is 62.2. The molecule has 1 aliphatic carbocycles. The van der Waals surface area contributed by atoms with E-state index in [4.69, 9.17) is 34.8 Å². The highest BCUT2D eigenvalue weighted by molar-refractivity contribution is 6.53. The normalized spacial score (nSPS) is 19.7. The molecule has 0 heterocycles. The summed E-state index contributed by atoms with van der Waals surface area (Å²) in [6.45, 7) is 0. The number of hydrogen-bond donors (Lipinski definition) is 1. The fourth-order valence-corrected chi connectivity index (χ4v) is 4.25. The van der Waals surface area contributed by atoms with Gasteiger partial charge >= 0.3 is 6.18 Å². The predicted molar refractivity (Wildman–Crippen MR) is 107 cm³/mol. The Morgan fingerprint density at radius 3 is 2.32 bits per heavy atom. The zero-order valence-electron chi connectivity index (χ0n) is 15.4. The molecule has 31 heavy (non-hydrogen) atoms. The zero-order chi connectivity index (χ0) is 23.1. The number of rotatable bonds is 6. The minimum absolute atomic E-state index is 0.0692. The smallest absolute Gasteiger partial charge is 0.326 e. The first-order valence-corrected chi connectivity index (χ1v) is 9.98. The van der Waals surface area contributed by atoms with E-state index in [0.29, 0.717) is 0 Å². The molecule has 0 bridgehead atoms. The maximum atomic E-state index is 13.5. The Kier molecular flexibility index (Phi) is 6.56. The highest BCUT2D eigenvalue weighted by Gasteiger charge is 2.67. The van der Waals surface area contributed by atoms with Gasteiger partial charge in [-0.25, -0.2) is 8.78 Å². The second-order valence-corrected chi connectivity index (χ2v) is 8.88. The lowest BCUT2D eigenvalue weighted by molar-refractivity contribution is -0.133. The van der Waals surface area contributed by atoms with Crippen LogP contribution in [0.15, 0.2) is 36.4 Å². The molecule has 3 nitrogen and oxygen atoms in total. The van der Waals surface area contributed by atoms with Gasteiger partial charge in [0.2, 0.25) is 5.91 Å². The average Bonchev–Trinajstić information content (AvgIpc) is 3.25. The van der Waals surface area contributed by atoms with E-state index >= 15 is 0 Å². The van der Waals surface area contributed by atoms with Gasteiger partial charge in [-0.05, 0) is 35.9 Å². The summed E-state index contributed by atoms with van der Waals surface area (Å²) in [6.07, 6.45) is -6.61. The van der Waals surface area contributed by atoms with Crippen molar-refractivity contribution < 1.29 is 31.5 Å². The standard InChI is InChI=1S/C20H13Cl3F5NO2/c21-12-3-2-10(8-11(12)15(30)5-6-19(26,27)28)29-18(31)17-16(20(17,22)23)9-1-4-13(24)14(25)7-9/h1-4,7-8,16-17H,5-6H2,(H,29,31). The summed E-state index contributed by atoms with van der Waals surface area (Å²) in [5.74, 6) is -5.52. The molecule has 1 aliphatic rings. The first-order chi connectivity index (χ1) is 14.3. The third-order valence-electron chi connectivity index (χ3n) is 4.81. The molecule has 0 radical (unpaired) electrons. The van der Waals surface area contributed by atoms with E-state index in [1.807, 2.05) is 0 Å². The maximum absolute atomic E-state index is 13.5. The SMILES string of the molecule is O=C(CCC(F)(F)F)c1cc(NC(=O)C2C(c3ccc(F)c(F)c3)C2(Cl)Cl)ccc1Cl. The minimum Gasteiger partial charge on any atom is -0.326 e. The number of carbonyl (C=O) groups is 2. The van der Waals surface area contributed by atoms with Gasteiger partial charge in [0.1, 0.15) is 4.33 Å². The van der Waals surface area contributed by atoms with E-state index in [2.05, 4.69) is 5.32 Å². The van der Waals surface area contributed by atoms with Crippen molar-refractivity contribution in [2.45, 2.75) is 29.3 Å². The Balaban J connectivity index is 1.74. The lowest BCUT2D eigenvalue weighted by Crippen LogP contribution is -2.17. The summed E-state index contributed by atoms with van der Waals surface area (Å²) in [5, 5.41) is 2.40. The van der Waals surface area contributed by atoms with Gasteiger partial charge < -0.3 is 5.32 Å². The van der Waals surface area contributed by atoms with Crippen LogP contribution in [0.1, 0.15) is 34.7 Å². The Bertz CT molecular complexity index is 1040. The summed E-state index contributed by atoms with van der Waals surface area (Å²) >= 11 is 18.2. The van der Waals surface area contributed by atoms with Gasteiger partial charge in [-0.1, -0.05) is 17.7 Å². The Hall–Kier alpha value is -1.90. The van der Waals surface area contributed by atoms with Crippen LogP contribution in [0.5, 0.6) is 0 Å². The van der Waals surface area contributed by atoms with Crippen molar-refractivity contribution in [1.29, 1.82) is 0 Å². The molecule has 1 amide bonds. The van der Waals surface area contributed by atoms with Gasteiger partial charge in [0.15, 0.2) is 17.4 Å². The van der Waals surface area contributed by atoms with Gasteiger partial charge in [0, 0.05) is 23.6 Å². The number of amides is 1. The fraction of sp³-hybridized carbons (Fsp3) is 0.300. The second kappa shape index (κ2) is 8.56. The molecule has 3 rings (SSSR count). The number of hydrogen-bond acceptors (Lipinski definition) is 2. The molecule has 0 saturated heterocycles. The number of nitrogens with one attached hydrogen (secondary N) is 1. The van der Waals surface area contributed by atoms with Crippen LogP contribution in [0, 0.1) is 17.6 Å². The molecular weight excluding hydrogens is 488 g/mol. The molecule has 2 unspecified atom stereocenters. The quantitative estimate of drug-likeness (QED) is 0.274. The maximum Gasteiger partial charge on any atom is 0.389 e. The molecule has 1 N–H and O–H groups in total. The minimum atomic E-state index is -4.50. The zero-order valence-corrected chi connectivity index (χ0v) is 17.6. The lowest BCUT2D eigenvalue weighted by Gasteiger charge is -2.10. The molecule has 0 spiro atoms. The fourth-order valence-electron chi connectivity index (χ4n) is 3.20. The van der Waals surface area contributed by atoms with Gasteiger partial charge in [-0.3, -0.25) is 9.59 Å². The van der Waals surface area contributed by atoms with Crippen molar-refractivity contribution in [3.05, 3.63) is 64.2 Å². The van der Waals surface area contributed by atoms with E-state index < -0.39 is 58.5 Å². The summed E-state index contributed by atoms with van der Waals surface area (Å²) in [7, 11) is 0. The van der Waals surface area contributed by atoms with Gasteiger partial charge in [-0.2, -0.15) is 13.2 Å². The highest BCUT2D eigenvalue weighted by atomic mass is 35.5. The van der Waals surface area contributed by atoms with Gasteiger partial charge in [-0.15, -0.1) is 23.2 Å². The van der Waals surface area contributed by atoms with Crippen molar-refractivity contribution in [2.75, 3.05) is 5.32 Å². The highest BCUT2D eigenvalue weighted by Crippen LogP contribution is 2.65. The molecular formula is C20H13Cl3F5NO2. The number of halogens is 8. The lowest BCUT2D eigenvalue weighted by atomic mass is 10.1. The van der Waals surface area contributed by atoms with Crippen LogP contribution in [-0.2, 0) is 4.79 Å². The van der Waals surface area contributed by atoms with E-state index in [0.717, 1.165) is 18.2 Å². The van der Waals surface area contributed by atoms with Crippen LogP contribution in [0.3, 0.4) is 0 Å². The summed E-state index contributed by atoms with van der Waals surface area (Å²) in [6, 6.07) is 6.80. The van der Waals surface area contributed by atoms with Gasteiger partial charge in [0.05, 0.1) is 17.4 Å². The van der Waals surface area contributed by atoms with E-state index in [1.54, 1.807) is 0 Å². The molecule has 2 aromatic rings. The largest absolute Gasteiger partial charge is 0.389 e. The van der Waals surface area contributed by atoms with E-state index in [1.165, 1.54) is 18.2 Å². The molecule has 11 heteroatoms. The van der Waals surface area contributed by atoms with Crippen molar-refractivity contribution in [3.63, 3.8) is 0 Å². The summed E-state index contributed by atoms with van der Waals surface area (Å²) in [4.78, 5) is 24.7. The molecule has 1 fully saturated rings. The Morgan fingerprint density at radius 2 is 1.71 bits per heavy atom. The van der Waals surface area contributed by atoms with E-state index in [9.17, 15) is 31.5 Å².